The molecule has 3 rings (SSSR count). The first kappa shape index (κ1) is 20.6. The van der Waals surface area contributed by atoms with E-state index >= 15 is 0 Å². The summed E-state index contributed by atoms with van der Waals surface area (Å²) in [5, 5.41) is 0. The molecule has 152 valence electrons. The fourth-order valence-corrected chi connectivity index (χ4v) is 4.47. The van der Waals surface area contributed by atoms with Crippen molar-refractivity contribution in [3.8, 4) is 5.75 Å². The molecule has 2 aromatic carbocycles. The predicted octanol–water partition coefficient (Wildman–Crippen LogP) is 2.75. The Morgan fingerprint density at radius 2 is 1.86 bits per heavy atom. The van der Waals surface area contributed by atoms with Crippen molar-refractivity contribution in [2.24, 2.45) is 0 Å². The fourth-order valence-electron chi connectivity index (χ4n) is 3.06. The first-order valence-corrected chi connectivity index (χ1v) is 10.8. The van der Waals surface area contributed by atoms with Crippen LogP contribution in [-0.4, -0.2) is 58.7 Å². The maximum Gasteiger partial charge on any atom is 0.243 e. The number of sulfonamides is 1. The number of hydrogen-bond donors (Lipinski definition) is 0. The molecule has 1 fully saturated rings. The Labute approximate surface area is 165 Å². The first-order chi connectivity index (χ1) is 13.5. The lowest BCUT2D eigenvalue weighted by Gasteiger charge is -2.26. The summed E-state index contributed by atoms with van der Waals surface area (Å²) in [5.74, 6) is 0.324. The number of ether oxygens (including phenoxy) is 2. The minimum atomic E-state index is -3.50. The lowest BCUT2D eigenvalue weighted by atomic mass is 10.3. The van der Waals surface area contributed by atoms with Crippen molar-refractivity contribution in [3.05, 3.63) is 54.3 Å². The van der Waals surface area contributed by atoms with Gasteiger partial charge in [-0.15, -0.1) is 0 Å². The molecule has 0 aromatic heterocycles. The predicted molar refractivity (Wildman–Crippen MR) is 106 cm³/mol. The Morgan fingerprint density at radius 3 is 2.50 bits per heavy atom. The normalized spacial score (nSPS) is 15.4. The molecular weight excluding hydrogens is 383 g/mol. The minimum Gasteiger partial charge on any atom is -0.492 e. The third kappa shape index (κ3) is 5.01. The van der Waals surface area contributed by atoms with Gasteiger partial charge >= 0.3 is 0 Å². The van der Waals surface area contributed by atoms with Gasteiger partial charge in [0.15, 0.2) is 0 Å². The van der Waals surface area contributed by atoms with Crippen molar-refractivity contribution in [2.45, 2.75) is 11.8 Å². The molecule has 1 aliphatic heterocycles. The highest BCUT2D eigenvalue weighted by Crippen LogP contribution is 2.21. The van der Waals surface area contributed by atoms with Gasteiger partial charge in [0.05, 0.1) is 24.7 Å². The van der Waals surface area contributed by atoms with Gasteiger partial charge in [0, 0.05) is 25.3 Å². The van der Waals surface area contributed by atoms with Crippen LogP contribution in [0.1, 0.15) is 6.92 Å². The quantitative estimate of drug-likeness (QED) is 0.672. The van der Waals surface area contributed by atoms with Crippen LogP contribution in [-0.2, 0) is 14.8 Å². The Kier molecular flexibility index (Phi) is 6.88. The van der Waals surface area contributed by atoms with Gasteiger partial charge in [-0.05, 0) is 49.4 Å². The van der Waals surface area contributed by atoms with Crippen molar-refractivity contribution in [1.29, 1.82) is 0 Å². The summed E-state index contributed by atoms with van der Waals surface area (Å²) in [6.45, 7) is 5.29. The van der Waals surface area contributed by atoms with E-state index in [1.807, 2.05) is 17.9 Å². The number of benzene rings is 2. The highest BCUT2D eigenvalue weighted by atomic mass is 32.2. The number of rotatable bonds is 8. The maximum absolute atomic E-state index is 13.4. The second-order valence-electron chi connectivity index (χ2n) is 6.40. The largest absolute Gasteiger partial charge is 0.492 e. The smallest absolute Gasteiger partial charge is 0.243 e. The SMILES string of the molecule is CCN(CCOc1ccc(S(=O)(=O)N2CCOCC2)cc1)c1cccc(F)c1. The number of hydrogen-bond acceptors (Lipinski definition) is 5. The zero-order valence-electron chi connectivity index (χ0n) is 15.9. The Hall–Kier alpha value is -2.16. The zero-order valence-corrected chi connectivity index (χ0v) is 16.7. The molecule has 0 bridgehead atoms. The molecule has 0 saturated carbocycles. The third-order valence-corrected chi connectivity index (χ3v) is 6.53. The first-order valence-electron chi connectivity index (χ1n) is 9.32. The molecule has 0 radical (unpaired) electrons. The van der Waals surface area contributed by atoms with Gasteiger partial charge in [-0.25, -0.2) is 12.8 Å². The van der Waals surface area contributed by atoms with Crippen LogP contribution in [0.5, 0.6) is 5.75 Å². The highest BCUT2D eigenvalue weighted by molar-refractivity contribution is 7.89. The number of halogens is 1. The van der Waals surface area contributed by atoms with E-state index in [0.717, 1.165) is 12.2 Å². The van der Waals surface area contributed by atoms with E-state index in [2.05, 4.69) is 0 Å². The van der Waals surface area contributed by atoms with Crippen LogP contribution in [0, 0.1) is 5.82 Å². The standard InChI is InChI=1S/C20H25FN2O4S/c1-2-22(18-5-3-4-17(21)16-18)10-15-27-19-6-8-20(9-7-19)28(24,25)23-11-13-26-14-12-23/h3-9,16H,2,10-15H2,1H3. The van der Waals surface area contributed by atoms with E-state index < -0.39 is 10.0 Å². The average Bonchev–Trinajstić information content (AvgIpc) is 2.72. The van der Waals surface area contributed by atoms with Gasteiger partial charge in [0.2, 0.25) is 10.0 Å². The van der Waals surface area contributed by atoms with Crippen LogP contribution in [0.15, 0.2) is 53.4 Å². The summed E-state index contributed by atoms with van der Waals surface area (Å²) in [6.07, 6.45) is 0. The number of morpholine rings is 1. The van der Waals surface area contributed by atoms with Crippen molar-refractivity contribution in [1.82, 2.24) is 4.31 Å². The second-order valence-corrected chi connectivity index (χ2v) is 8.33. The van der Waals surface area contributed by atoms with Crippen LogP contribution < -0.4 is 9.64 Å². The summed E-state index contributed by atoms with van der Waals surface area (Å²) < 4.78 is 51.0. The number of anilines is 1. The summed E-state index contributed by atoms with van der Waals surface area (Å²) in [4.78, 5) is 2.26. The zero-order chi connectivity index (χ0) is 20.0. The fraction of sp³-hybridized carbons (Fsp3) is 0.400. The van der Waals surface area contributed by atoms with E-state index in [0.29, 0.717) is 45.2 Å². The lowest BCUT2D eigenvalue weighted by molar-refractivity contribution is 0.0730. The molecule has 2 aromatic rings. The number of nitrogens with zero attached hydrogens (tertiary/aromatic N) is 2. The molecule has 0 atom stereocenters. The van der Waals surface area contributed by atoms with Crippen LogP contribution in [0.2, 0.25) is 0 Å². The van der Waals surface area contributed by atoms with E-state index in [1.165, 1.54) is 16.4 Å². The van der Waals surface area contributed by atoms with E-state index in [1.54, 1.807) is 30.3 Å². The molecule has 0 unspecified atom stereocenters. The summed E-state index contributed by atoms with van der Waals surface area (Å²) in [6, 6.07) is 12.9. The van der Waals surface area contributed by atoms with Crippen molar-refractivity contribution in [2.75, 3.05) is 50.9 Å². The summed E-state index contributed by atoms with van der Waals surface area (Å²) in [7, 11) is -3.50. The van der Waals surface area contributed by atoms with Gasteiger partial charge in [0.1, 0.15) is 18.2 Å². The molecular formula is C20H25FN2O4S. The van der Waals surface area contributed by atoms with Crippen LogP contribution in [0.3, 0.4) is 0 Å². The summed E-state index contributed by atoms with van der Waals surface area (Å²) in [5.41, 5.74) is 0.804. The Bertz CT molecular complexity index is 868. The molecule has 28 heavy (non-hydrogen) atoms. The average molecular weight is 408 g/mol. The van der Waals surface area contributed by atoms with Crippen LogP contribution in [0.4, 0.5) is 10.1 Å². The van der Waals surface area contributed by atoms with Crippen LogP contribution >= 0.6 is 0 Å². The molecule has 1 heterocycles. The van der Waals surface area contributed by atoms with E-state index in [9.17, 15) is 12.8 Å². The number of likely N-dealkylation sites (N-methyl/N-ethyl adjacent to an activating group) is 1. The highest BCUT2D eigenvalue weighted by Gasteiger charge is 2.26. The van der Waals surface area contributed by atoms with Gasteiger partial charge in [-0.1, -0.05) is 6.07 Å². The Morgan fingerprint density at radius 1 is 1.14 bits per heavy atom. The van der Waals surface area contributed by atoms with Crippen molar-refractivity contribution in [3.63, 3.8) is 0 Å². The van der Waals surface area contributed by atoms with Gasteiger partial charge in [-0.2, -0.15) is 4.31 Å². The molecule has 8 heteroatoms. The van der Waals surface area contributed by atoms with Gasteiger partial charge < -0.3 is 14.4 Å². The topological polar surface area (TPSA) is 59.1 Å². The molecule has 1 aliphatic rings. The van der Waals surface area contributed by atoms with E-state index in [4.69, 9.17) is 9.47 Å². The Balaban J connectivity index is 1.57. The lowest BCUT2D eigenvalue weighted by Crippen LogP contribution is -2.40. The molecule has 6 nitrogen and oxygen atoms in total. The van der Waals surface area contributed by atoms with Crippen molar-refractivity contribution >= 4 is 15.7 Å². The van der Waals surface area contributed by atoms with Crippen LogP contribution in [0.25, 0.3) is 0 Å². The van der Waals surface area contributed by atoms with Gasteiger partial charge in [-0.3, -0.25) is 0 Å². The maximum atomic E-state index is 13.4. The minimum absolute atomic E-state index is 0.247. The van der Waals surface area contributed by atoms with E-state index in [-0.39, 0.29) is 10.7 Å². The molecule has 0 amide bonds. The molecule has 1 saturated heterocycles. The monoisotopic (exact) mass is 408 g/mol. The summed E-state index contributed by atoms with van der Waals surface area (Å²) >= 11 is 0. The molecule has 0 N–H and O–H groups in total. The molecule has 0 aliphatic carbocycles. The van der Waals surface area contributed by atoms with Gasteiger partial charge in [0.25, 0.3) is 0 Å². The molecule has 0 spiro atoms. The van der Waals surface area contributed by atoms with Crippen molar-refractivity contribution < 1.29 is 22.3 Å². The third-order valence-electron chi connectivity index (χ3n) is 4.62. The second kappa shape index (κ2) is 9.36.